The molecule has 22 heavy (non-hydrogen) atoms. The Morgan fingerprint density at radius 1 is 1.18 bits per heavy atom. The zero-order valence-electron chi connectivity index (χ0n) is 11.5. The van der Waals surface area contributed by atoms with Crippen molar-refractivity contribution in [2.24, 2.45) is 5.73 Å². The number of hydrogen-bond acceptors (Lipinski definition) is 5. The minimum absolute atomic E-state index is 0.0237. The number of carboxylic acid groups (broad SMARTS) is 1. The van der Waals surface area contributed by atoms with Gasteiger partial charge < -0.3 is 16.2 Å². The van der Waals surface area contributed by atoms with Crippen LogP contribution in [0.4, 0.5) is 5.69 Å². The van der Waals surface area contributed by atoms with Gasteiger partial charge in [-0.05, 0) is 5.56 Å². The van der Waals surface area contributed by atoms with Crippen LogP contribution < -0.4 is 11.1 Å². The number of carbonyl (C=O) groups excluding carboxylic acids is 2. The van der Waals surface area contributed by atoms with Gasteiger partial charge in [0, 0.05) is 11.8 Å². The fourth-order valence-corrected chi connectivity index (χ4v) is 2.83. The molecule has 7 heteroatoms. The second kappa shape index (κ2) is 6.86. The lowest BCUT2D eigenvalue weighted by molar-refractivity contribution is -0.116. The monoisotopic (exact) mass is 318 g/mol. The number of carbonyl (C=O) groups is 3. The fourth-order valence-electron chi connectivity index (χ4n) is 1.96. The second-order valence-corrected chi connectivity index (χ2v) is 5.46. The van der Waals surface area contributed by atoms with E-state index in [1.54, 1.807) is 0 Å². The molecule has 0 saturated carbocycles. The van der Waals surface area contributed by atoms with Crippen molar-refractivity contribution in [3.8, 4) is 0 Å². The molecule has 114 valence electrons. The Bertz CT molecular complexity index is 710. The molecule has 1 aromatic carbocycles. The largest absolute Gasteiger partial charge is 0.478 e. The lowest BCUT2D eigenvalue weighted by Crippen LogP contribution is -2.18. The van der Waals surface area contributed by atoms with E-state index in [1.165, 1.54) is 5.38 Å². The summed E-state index contributed by atoms with van der Waals surface area (Å²) in [4.78, 5) is 34.3. The molecule has 0 saturated heterocycles. The fraction of sp³-hybridized carbons (Fsp3) is 0.133. The second-order valence-electron chi connectivity index (χ2n) is 4.58. The zero-order valence-corrected chi connectivity index (χ0v) is 12.4. The van der Waals surface area contributed by atoms with Crippen molar-refractivity contribution in [3.63, 3.8) is 0 Å². The van der Waals surface area contributed by atoms with Crippen molar-refractivity contribution >= 4 is 34.7 Å². The topological polar surface area (TPSA) is 109 Å². The normalized spacial score (nSPS) is 10.2. The van der Waals surface area contributed by atoms with Crippen LogP contribution in [-0.4, -0.2) is 29.3 Å². The van der Waals surface area contributed by atoms with Crippen molar-refractivity contribution in [3.05, 3.63) is 51.7 Å². The Morgan fingerprint density at radius 3 is 2.45 bits per heavy atom. The summed E-state index contributed by atoms with van der Waals surface area (Å²) in [6, 6.07) is 9.24. The number of benzene rings is 1. The molecule has 0 radical (unpaired) electrons. The van der Waals surface area contributed by atoms with Crippen LogP contribution in [0.1, 0.15) is 25.6 Å². The number of amides is 1. The highest BCUT2D eigenvalue weighted by Crippen LogP contribution is 2.27. The molecule has 0 unspecified atom stereocenters. The Morgan fingerprint density at radius 2 is 1.86 bits per heavy atom. The molecule has 4 N–H and O–H groups in total. The molecule has 6 nitrogen and oxygen atoms in total. The number of aromatic carboxylic acids is 1. The molecule has 0 atom stereocenters. The zero-order chi connectivity index (χ0) is 16.1. The van der Waals surface area contributed by atoms with Gasteiger partial charge in [-0.15, -0.1) is 11.3 Å². The van der Waals surface area contributed by atoms with Gasteiger partial charge in [0.2, 0.25) is 0 Å². The van der Waals surface area contributed by atoms with Crippen LogP contribution in [0.2, 0.25) is 0 Å². The maximum Gasteiger partial charge on any atom is 0.339 e. The average molecular weight is 318 g/mol. The van der Waals surface area contributed by atoms with E-state index < -0.39 is 11.9 Å². The minimum atomic E-state index is -1.26. The first-order valence-corrected chi connectivity index (χ1v) is 7.31. The SMILES string of the molecule is NC(=O)c1scc(NCC(=O)Cc2ccccc2)c1C(=O)O. The number of carboxylic acids is 1. The summed E-state index contributed by atoms with van der Waals surface area (Å²) in [5, 5.41) is 13.4. The van der Waals surface area contributed by atoms with E-state index in [1.807, 2.05) is 30.3 Å². The van der Waals surface area contributed by atoms with Crippen molar-refractivity contribution < 1.29 is 19.5 Å². The molecule has 1 heterocycles. The van der Waals surface area contributed by atoms with Crippen molar-refractivity contribution in [2.75, 3.05) is 11.9 Å². The van der Waals surface area contributed by atoms with Crippen LogP contribution in [0.3, 0.4) is 0 Å². The van der Waals surface area contributed by atoms with Crippen LogP contribution in [-0.2, 0) is 11.2 Å². The van der Waals surface area contributed by atoms with Crippen LogP contribution in [0, 0.1) is 0 Å². The van der Waals surface area contributed by atoms with Crippen LogP contribution in [0.15, 0.2) is 35.7 Å². The molecule has 1 aromatic heterocycles. The molecule has 0 aliphatic carbocycles. The number of primary amides is 1. The number of Topliss-reactive ketones (excluding diaryl/α,β-unsaturated/α-hetero) is 1. The van der Waals surface area contributed by atoms with Gasteiger partial charge in [-0.3, -0.25) is 9.59 Å². The van der Waals surface area contributed by atoms with E-state index in [0.717, 1.165) is 16.9 Å². The van der Waals surface area contributed by atoms with Gasteiger partial charge in [0.25, 0.3) is 5.91 Å². The van der Waals surface area contributed by atoms with E-state index in [9.17, 15) is 14.4 Å². The smallest absolute Gasteiger partial charge is 0.339 e. The Hall–Kier alpha value is -2.67. The number of thiophene rings is 1. The minimum Gasteiger partial charge on any atom is -0.478 e. The van der Waals surface area contributed by atoms with E-state index in [-0.39, 0.29) is 34.9 Å². The van der Waals surface area contributed by atoms with Gasteiger partial charge in [0.1, 0.15) is 10.4 Å². The predicted octanol–water partition coefficient (Wildman–Crippen LogP) is 1.77. The summed E-state index contributed by atoms with van der Waals surface area (Å²) in [6.45, 7) is -0.0237. The molecule has 0 aliphatic rings. The third kappa shape index (κ3) is 3.70. The molecule has 2 rings (SSSR count). The van der Waals surface area contributed by atoms with Crippen molar-refractivity contribution in [2.45, 2.75) is 6.42 Å². The van der Waals surface area contributed by atoms with Crippen LogP contribution >= 0.6 is 11.3 Å². The Labute approximate surface area is 130 Å². The first-order chi connectivity index (χ1) is 10.5. The quantitative estimate of drug-likeness (QED) is 0.720. The number of anilines is 1. The molecule has 0 aliphatic heterocycles. The number of rotatable bonds is 7. The Kier molecular flexibility index (Phi) is 4.90. The number of nitrogens with two attached hydrogens (primary N) is 1. The van der Waals surface area contributed by atoms with Gasteiger partial charge in [-0.2, -0.15) is 0 Å². The maximum atomic E-state index is 11.9. The van der Waals surface area contributed by atoms with Gasteiger partial charge in [-0.1, -0.05) is 30.3 Å². The summed E-state index contributed by atoms with van der Waals surface area (Å²) in [5.41, 5.74) is 6.06. The standard InChI is InChI=1S/C15H14N2O4S/c16-14(19)13-12(15(20)21)11(8-22-13)17-7-10(18)6-9-4-2-1-3-5-9/h1-5,8,17H,6-7H2,(H2,16,19)(H,20,21). The summed E-state index contributed by atoms with van der Waals surface area (Å²) in [6.07, 6.45) is 0.253. The van der Waals surface area contributed by atoms with Gasteiger partial charge in [0.15, 0.2) is 5.78 Å². The Balaban J connectivity index is 2.04. The number of nitrogens with one attached hydrogen (secondary N) is 1. The summed E-state index contributed by atoms with van der Waals surface area (Å²) >= 11 is 0.939. The first kappa shape index (κ1) is 15.7. The van der Waals surface area contributed by atoms with Gasteiger partial charge in [0.05, 0.1) is 12.2 Å². The molecule has 1 amide bonds. The molecular formula is C15H14N2O4S. The highest BCUT2D eigenvalue weighted by Gasteiger charge is 2.22. The van der Waals surface area contributed by atoms with E-state index in [2.05, 4.69) is 5.32 Å². The lowest BCUT2D eigenvalue weighted by Gasteiger charge is -2.06. The third-order valence-corrected chi connectivity index (χ3v) is 3.94. The molecule has 2 aromatic rings. The third-order valence-electron chi connectivity index (χ3n) is 2.95. The molecular weight excluding hydrogens is 304 g/mol. The molecule has 0 bridgehead atoms. The average Bonchev–Trinajstić information content (AvgIpc) is 2.90. The van der Waals surface area contributed by atoms with Crippen LogP contribution in [0.5, 0.6) is 0 Å². The highest BCUT2D eigenvalue weighted by atomic mass is 32.1. The lowest BCUT2D eigenvalue weighted by atomic mass is 10.1. The maximum absolute atomic E-state index is 11.9. The van der Waals surface area contributed by atoms with Crippen molar-refractivity contribution in [1.82, 2.24) is 0 Å². The summed E-state index contributed by atoms with van der Waals surface area (Å²) < 4.78 is 0. The highest BCUT2D eigenvalue weighted by molar-refractivity contribution is 7.13. The molecule has 0 fully saturated rings. The number of ketones is 1. The first-order valence-electron chi connectivity index (χ1n) is 6.43. The summed E-state index contributed by atoms with van der Waals surface area (Å²) in [7, 11) is 0. The van der Waals surface area contributed by atoms with Crippen LogP contribution in [0.25, 0.3) is 0 Å². The predicted molar refractivity (Wildman–Crippen MR) is 83.4 cm³/mol. The summed E-state index contributed by atoms with van der Waals surface area (Å²) in [5.74, 6) is -2.14. The van der Waals surface area contributed by atoms with E-state index >= 15 is 0 Å². The van der Waals surface area contributed by atoms with Gasteiger partial charge >= 0.3 is 5.97 Å². The van der Waals surface area contributed by atoms with Crippen molar-refractivity contribution in [1.29, 1.82) is 0 Å². The van der Waals surface area contributed by atoms with E-state index in [4.69, 9.17) is 10.8 Å². The van der Waals surface area contributed by atoms with E-state index in [0.29, 0.717) is 0 Å². The number of hydrogen-bond donors (Lipinski definition) is 3. The molecule has 0 spiro atoms. The van der Waals surface area contributed by atoms with Gasteiger partial charge in [-0.25, -0.2) is 4.79 Å².